The van der Waals surface area contributed by atoms with Crippen molar-refractivity contribution in [3.05, 3.63) is 129 Å². The summed E-state index contributed by atoms with van der Waals surface area (Å²) in [6, 6.07) is 20.8. The molecule has 15 nitrogen and oxygen atoms in total. The number of fused-ring (bicyclic) bond motifs is 1. The Kier molecular flexibility index (Phi) is 13.8. The Morgan fingerprint density at radius 2 is 1.82 bits per heavy atom. The number of nitro groups is 1. The van der Waals surface area contributed by atoms with Crippen LogP contribution in [0.3, 0.4) is 0 Å². The van der Waals surface area contributed by atoms with Gasteiger partial charge in [0.05, 0.1) is 34.3 Å². The monoisotopic (exact) mass is 949 g/mol. The van der Waals surface area contributed by atoms with Crippen LogP contribution in [-0.4, -0.2) is 110 Å². The van der Waals surface area contributed by atoms with Crippen molar-refractivity contribution >= 4 is 61.1 Å². The maximum Gasteiger partial charge on any atom is 0.293 e. The standard InChI is InChI=1S/C50H56ClN7O8S/c1-50(2)17-11-37(44(28-50)34-3-6-38(51)7-4-34)31-56-19-13-33(14-20-56)35-5-9-43(47(26-35)66-40-25-36-12-18-52-48(36)54-29-40)49(59)55-67(62,63)42-8-10-45(46(27-42)58(60)61)53-30-41-32-57(21-24-65-41)39-15-22-64-23-16-39/h3-10,12-13,18,25-27,29,39,41,53H,11,14-17,19-24,28,30-32H2,1-2H3,(H,52,54)(H,55,59). The Morgan fingerprint density at radius 3 is 2.60 bits per heavy atom. The van der Waals surface area contributed by atoms with Gasteiger partial charge in [-0.15, -0.1) is 0 Å². The molecule has 1 amide bonds. The average molecular weight is 951 g/mol. The molecule has 5 aromatic rings. The summed E-state index contributed by atoms with van der Waals surface area (Å²) in [5.41, 5.74) is 6.50. The number of ether oxygens (including phenoxy) is 3. The van der Waals surface area contributed by atoms with E-state index in [-0.39, 0.29) is 35.1 Å². The van der Waals surface area contributed by atoms with Crippen LogP contribution in [0.15, 0.2) is 102 Å². The van der Waals surface area contributed by atoms with Crippen molar-refractivity contribution in [3.8, 4) is 11.5 Å². The van der Waals surface area contributed by atoms with Crippen molar-refractivity contribution in [3.63, 3.8) is 0 Å². The van der Waals surface area contributed by atoms with Crippen molar-refractivity contribution in [2.75, 3.05) is 64.4 Å². The minimum atomic E-state index is -4.60. The van der Waals surface area contributed by atoms with E-state index in [0.717, 1.165) is 106 Å². The van der Waals surface area contributed by atoms with Gasteiger partial charge in [0, 0.05) is 81.2 Å². The molecule has 0 saturated carbocycles. The van der Waals surface area contributed by atoms with E-state index in [1.165, 1.54) is 35.0 Å². The average Bonchev–Trinajstić information content (AvgIpc) is 3.80. The van der Waals surface area contributed by atoms with Crippen LogP contribution < -0.4 is 14.8 Å². The minimum absolute atomic E-state index is 0.0449. The topological polar surface area (TPSA) is 181 Å². The molecule has 67 heavy (non-hydrogen) atoms. The maximum absolute atomic E-state index is 14.0. The second-order valence-electron chi connectivity index (χ2n) is 18.6. The number of nitrogens with one attached hydrogen (secondary N) is 3. The zero-order valence-electron chi connectivity index (χ0n) is 37.8. The number of hydrogen-bond acceptors (Lipinski definition) is 12. The molecule has 17 heteroatoms. The fourth-order valence-corrected chi connectivity index (χ4v) is 10.7. The summed E-state index contributed by atoms with van der Waals surface area (Å²) in [4.78, 5) is 37.6. The highest BCUT2D eigenvalue weighted by molar-refractivity contribution is 7.90. The highest BCUT2D eigenvalue weighted by atomic mass is 35.5. The minimum Gasteiger partial charge on any atom is -0.455 e. The number of halogens is 1. The Bertz CT molecular complexity index is 2820. The van der Waals surface area contributed by atoms with Crippen LogP contribution in [-0.2, 0) is 19.5 Å². The number of allylic oxidation sites excluding steroid dienone is 1. The summed E-state index contributed by atoms with van der Waals surface area (Å²) in [7, 11) is -4.60. The molecular weight excluding hydrogens is 894 g/mol. The van der Waals surface area contributed by atoms with Gasteiger partial charge in [-0.3, -0.25) is 24.7 Å². The summed E-state index contributed by atoms with van der Waals surface area (Å²) in [5.74, 6) is -0.493. The molecule has 0 spiro atoms. The number of nitrogens with zero attached hydrogens (tertiary/aromatic N) is 4. The first-order valence-electron chi connectivity index (χ1n) is 22.9. The lowest BCUT2D eigenvalue weighted by Gasteiger charge is -2.39. The quantitative estimate of drug-likeness (QED) is 0.0711. The van der Waals surface area contributed by atoms with Crippen LogP contribution in [0.4, 0.5) is 11.4 Å². The largest absolute Gasteiger partial charge is 0.455 e. The first kappa shape index (κ1) is 46.5. The van der Waals surface area contributed by atoms with Gasteiger partial charge in [-0.1, -0.05) is 55.3 Å². The number of morpholine rings is 1. The number of rotatable bonds is 14. The smallest absolute Gasteiger partial charge is 0.293 e. The van der Waals surface area contributed by atoms with E-state index >= 15 is 0 Å². The summed E-state index contributed by atoms with van der Waals surface area (Å²) >= 11 is 6.25. The number of carbonyl (C=O) groups is 1. The molecule has 4 aliphatic rings. The third-order valence-corrected chi connectivity index (χ3v) is 15.0. The van der Waals surface area contributed by atoms with Crippen molar-refractivity contribution in [1.82, 2.24) is 24.5 Å². The first-order valence-corrected chi connectivity index (χ1v) is 24.8. The van der Waals surface area contributed by atoms with Crippen molar-refractivity contribution in [1.29, 1.82) is 0 Å². The summed E-state index contributed by atoms with van der Waals surface area (Å²) in [6.45, 7) is 10.8. The van der Waals surface area contributed by atoms with Gasteiger partial charge < -0.3 is 24.5 Å². The Labute approximate surface area is 395 Å². The SMILES string of the molecule is CC1(C)CCC(CN2CC=C(c3ccc(C(=O)NS(=O)(=O)c4ccc(NCC5CN(C6CCOCC6)CCO5)c([N+](=O)[O-])c4)c(Oc4cnc5[nH]ccc5c4)c3)CC2)=C(c2ccc(Cl)cc2)C1. The fourth-order valence-electron chi connectivity index (χ4n) is 9.63. The number of anilines is 1. The zero-order valence-corrected chi connectivity index (χ0v) is 39.3. The van der Waals surface area contributed by atoms with Crippen molar-refractivity contribution in [2.45, 2.75) is 69.4 Å². The number of H-pyrrole nitrogens is 1. The van der Waals surface area contributed by atoms with Crippen LogP contribution in [0.25, 0.3) is 22.2 Å². The molecule has 2 aromatic heterocycles. The second kappa shape index (κ2) is 19.9. The molecule has 3 aliphatic heterocycles. The van der Waals surface area contributed by atoms with E-state index in [4.69, 9.17) is 25.8 Å². The van der Waals surface area contributed by atoms with Gasteiger partial charge in [0.15, 0.2) is 0 Å². The molecule has 1 aliphatic carbocycles. The number of carbonyl (C=O) groups excluding carboxylic acids is 1. The number of amides is 1. The number of sulfonamides is 1. The predicted octanol–water partition coefficient (Wildman–Crippen LogP) is 9.08. The highest BCUT2D eigenvalue weighted by Crippen LogP contribution is 2.44. The van der Waals surface area contributed by atoms with Crippen LogP contribution in [0.2, 0.25) is 5.02 Å². The lowest BCUT2D eigenvalue weighted by Crippen LogP contribution is -2.51. The van der Waals surface area contributed by atoms with Gasteiger partial charge in [0.25, 0.3) is 21.6 Å². The number of nitro benzene ring substituents is 1. The Balaban J connectivity index is 0.920. The number of pyridine rings is 1. The molecule has 0 bridgehead atoms. The molecule has 2 fully saturated rings. The molecule has 352 valence electrons. The number of aromatic nitrogens is 2. The van der Waals surface area contributed by atoms with E-state index in [1.54, 1.807) is 30.5 Å². The molecule has 1 atom stereocenters. The third-order valence-electron chi connectivity index (χ3n) is 13.4. The molecule has 0 radical (unpaired) electrons. The molecule has 1 unspecified atom stereocenters. The summed E-state index contributed by atoms with van der Waals surface area (Å²) in [6.07, 6.45) is 11.1. The maximum atomic E-state index is 14.0. The van der Waals surface area contributed by atoms with Gasteiger partial charge in [-0.2, -0.15) is 0 Å². The molecule has 3 N–H and O–H groups in total. The number of hydrogen-bond donors (Lipinski definition) is 3. The van der Waals surface area contributed by atoms with E-state index in [9.17, 15) is 23.3 Å². The second-order valence-corrected chi connectivity index (χ2v) is 20.7. The van der Waals surface area contributed by atoms with E-state index in [1.807, 2.05) is 18.2 Å². The van der Waals surface area contributed by atoms with E-state index in [2.05, 4.69) is 61.9 Å². The molecule has 5 heterocycles. The lowest BCUT2D eigenvalue weighted by molar-refractivity contribution is -0.384. The molecular formula is C50H56ClN7O8S. The van der Waals surface area contributed by atoms with E-state index < -0.39 is 31.4 Å². The number of benzene rings is 3. The highest BCUT2D eigenvalue weighted by Gasteiger charge is 2.31. The summed E-state index contributed by atoms with van der Waals surface area (Å²) < 4.78 is 47.6. The van der Waals surface area contributed by atoms with Gasteiger partial charge in [-0.05, 0) is 115 Å². The number of aromatic amines is 1. The molecule has 2 saturated heterocycles. The van der Waals surface area contributed by atoms with Crippen LogP contribution in [0, 0.1) is 15.5 Å². The Morgan fingerprint density at radius 1 is 1.01 bits per heavy atom. The normalized spacial score (nSPS) is 19.8. The van der Waals surface area contributed by atoms with Gasteiger partial charge in [0.2, 0.25) is 0 Å². The van der Waals surface area contributed by atoms with E-state index in [0.29, 0.717) is 30.6 Å². The van der Waals surface area contributed by atoms with Crippen LogP contribution in [0.1, 0.15) is 73.9 Å². The van der Waals surface area contributed by atoms with Gasteiger partial charge in [-0.25, -0.2) is 18.1 Å². The zero-order chi connectivity index (χ0) is 46.7. The van der Waals surface area contributed by atoms with Gasteiger partial charge >= 0.3 is 0 Å². The predicted molar refractivity (Wildman–Crippen MR) is 259 cm³/mol. The van der Waals surface area contributed by atoms with Crippen molar-refractivity contribution < 1.29 is 32.3 Å². The third kappa shape index (κ3) is 11.1. The Hall–Kier alpha value is -5.62. The summed E-state index contributed by atoms with van der Waals surface area (Å²) in [5, 5.41) is 16.9. The molecule has 9 rings (SSSR count). The molecule has 3 aromatic carbocycles. The lowest BCUT2D eigenvalue weighted by atomic mass is 9.72. The van der Waals surface area contributed by atoms with Gasteiger partial charge in [0.1, 0.15) is 22.8 Å². The first-order chi connectivity index (χ1) is 32.3. The van der Waals surface area contributed by atoms with Crippen LogP contribution >= 0.6 is 11.6 Å². The van der Waals surface area contributed by atoms with Crippen molar-refractivity contribution in [2.24, 2.45) is 5.41 Å². The fraction of sp³-hybridized carbons (Fsp3) is 0.400. The van der Waals surface area contributed by atoms with Crippen LogP contribution in [0.5, 0.6) is 11.5 Å².